The molecule has 1 atom stereocenters. The lowest BCUT2D eigenvalue weighted by Gasteiger charge is -2.23. The molecule has 6 rings (SSSR count). The maximum absolute atomic E-state index is 13.7. The van der Waals surface area contributed by atoms with Crippen molar-refractivity contribution in [1.82, 2.24) is 15.1 Å². The molecule has 1 fully saturated rings. The number of hydrogen-bond donors (Lipinski definition) is 1. The highest BCUT2D eigenvalue weighted by Gasteiger charge is 2.38. The van der Waals surface area contributed by atoms with Crippen LogP contribution in [0.5, 0.6) is 0 Å². The van der Waals surface area contributed by atoms with Gasteiger partial charge in [0.1, 0.15) is 12.4 Å². The molecule has 4 aromatic rings. The van der Waals surface area contributed by atoms with Crippen LogP contribution in [0.15, 0.2) is 78.9 Å². The lowest BCUT2D eigenvalue weighted by atomic mass is 9.99. The van der Waals surface area contributed by atoms with Gasteiger partial charge in [-0.2, -0.15) is 5.10 Å². The fourth-order valence-electron chi connectivity index (χ4n) is 4.70. The molecule has 0 unspecified atom stereocenters. The number of carbonyl (C=O) groups excluding carboxylic acids is 2. The standard InChI is InChI=1S/C29H24Cl2N4O2S/c30-20-10-6-9-19(15-20)28-26-27(18-7-2-1-3-8-18)33-35(23-12-5-4-11-22(23)31)29(26)34(25(37)17-38-28)16-24(36)32-21-13-14-21/h1-12,15,21,28H,13-14,16-17H2,(H,32,36)/t28-/m0/s1. The molecule has 192 valence electrons. The second kappa shape index (κ2) is 10.5. The smallest absolute Gasteiger partial charge is 0.240 e. The molecule has 0 spiro atoms. The van der Waals surface area contributed by atoms with Crippen LogP contribution in [0, 0.1) is 0 Å². The van der Waals surface area contributed by atoms with E-state index in [1.165, 1.54) is 11.8 Å². The minimum Gasteiger partial charge on any atom is -0.352 e. The van der Waals surface area contributed by atoms with Gasteiger partial charge < -0.3 is 5.32 Å². The molecular weight excluding hydrogens is 539 g/mol. The number of hydrogen-bond acceptors (Lipinski definition) is 4. The van der Waals surface area contributed by atoms with Gasteiger partial charge in [-0.15, -0.1) is 11.8 Å². The molecule has 2 aliphatic rings. The normalized spacial score (nSPS) is 17.2. The summed E-state index contributed by atoms with van der Waals surface area (Å²) in [6, 6.07) is 25.1. The van der Waals surface area contributed by atoms with Crippen LogP contribution in [-0.2, 0) is 9.59 Å². The number of halogens is 2. The first kappa shape index (κ1) is 25.0. The van der Waals surface area contributed by atoms with Crippen LogP contribution in [0.3, 0.4) is 0 Å². The topological polar surface area (TPSA) is 67.2 Å². The number of anilines is 1. The van der Waals surface area contributed by atoms with Crippen molar-refractivity contribution in [3.05, 3.63) is 100 Å². The summed E-state index contributed by atoms with van der Waals surface area (Å²) in [6.45, 7) is -0.102. The Kier molecular flexibility index (Phi) is 6.91. The molecule has 2 amide bonds. The van der Waals surface area contributed by atoms with Crippen molar-refractivity contribution in [3.63, 3.8) is 0 Å². The third-order valence-electron chi connectivity index (χ3n) is 6.61. The summed E-state index contributed by atoms with van der Waals surface area (Å²) >= 11 is 14.6. The van der Waals surface area contributed by atoms with Crippen molar-refractivity contribution < 1.29 is 9.59 Å². The first-order valence-electron chi connectivity index (χ1n) is 12.4. The van der Waals surface area contributed by atoms with Crippen molar-refractivity contribution in [2.75, 3.05) is 17.2 Å². The molecule has 0 radical (unpaired) electrons. The zero-order valence-corrected chi connectivity index (χ0v) is 22.6. The number of benzene rings is 3. The minimum absolute atomic E-state index is 0.102. The van der Waals surface area contributed by atoms with Gasteiger partial charge in [-0.25, -0.2) is 4.68 Å². The van der Waals surface area contributed by atoms with Gasteiger partial charge in [0.2, 0.25) is 11.8 Å². The molecule has 3 aromatic carbocycles. The highest BCUT2D eigenvalue weighted by Crippen LogP contribution is 2.49. The van der Waals surface area contributed by atoms with Gasteiger partial charge >= 0.3 is 0 Å². The number of aromatic nitrogens is 2. The Morgan fingerprint density at radius 3 is 2.50 bits per heavy atom. The predicted molar refractivity (Wildman–Crippen MR) is 153 cm³/mol. The number of thioether (sulfide) groups is 1. The molecule has 1 aliphatic carbocycles. The molecule has 1 aliphatic heterocycles. The molecule has 1 N–H and O–H groups in total. The van der Waals surface area contributed by atoms with Crippen molar-refractivity contribution >= 4 is 52.6 Å². The second-order valence-electron chi connectivity index (χ2n) is 9.38. The van der Waals surface area contributed by atoms with Crippen molar-refractivity contribution in [2.24, 2.45) is 0 Å². The van der Waals surface area contributed by atoms with E-state index in [-0.39, 0.29) is 35.4 Å². The molecular formula is C29H24Cl2N4O2S. The number of rotatable bonds is 6. The predicted octanol–water partition coefficient (Wildman–Crippen LogP) is 6.29. The SMILES string of the molecule is O=C(CN1C(=O)CS[C@@H](c2cccc(Cl)c2)c2c(-c3ccccc3)nn(-c3ccccc3Cl)c21)NC1CC1. The molecule has 1 aromatic heterocycles. The quantitative estimate of drug-likeness (QED) is 0.299. The molecule has 6 nitrogen and oxygen atoms in total. The van der Waals surface area contributed by atoms with Crippen LogP contribution in [0.4, 0.5) is 5.82 Å². The number of carbonyl (C=O) groups is 2. The summed E-state index contributed by atoms with van der Waals surface area (Å²) in [5.41, 5.74) is 4.05. The Morgan fingerprint density at radius 2 is 1.76 bits per heavy atom. The summed E-state index contributed by atoms with van der Waals surface area (Å²) in [6.07, 6.45) is 1.93. The van der Waals surface area contributed by atoms with E-state index in [9.17, 15) is 9.59 Å². The summed E-state index contributed by atoms with van der Waals surface area (Å²) in [4.78, 5) is 28.3. The second-order valence-corrected chi connectivity index (χ2v) is 11.3. The largest absolute Gasteiger partial charge is 0.352 e. The van der Waals surface area contributed by atoms with Crippen LogP contribution in [0.1, 0.15) is 29.2 Å². The van der Waals surface area contributed by atoms with E-state index >= 15 is 0 Å². The number of nitrogens with one attached hydrogen (secondary N) is 1. The Bertz CT molecular complexity index is 1520. The van der Waals surface area contributed by atoms with Gasteiger partial charge in [0.05, 0.1) is 27.4 Å². The van der Waals surface area contributed by atoms with Crippen LogP contribution in [-0.4, -0.2) is 39.9 Å². The molecule has 9 heteroatoms. The fraction of sp³-hybridized carbons (Fsp3) is 0.207. The molecule has 0 bridgehead atoms. The third kappa shape index (κ3) is 4.94. The van der Waals surface area contributed by atoms with Gasteiger partial charge in [-0.1, -0.05) is 77.8 Å². The van der Waals surface area contributed by atoms with E-state index in [0.717, 1.165) is 35.2 Å². The van der Waals surface area contributed by atoms with Crippen LogP contribution < -0.4 is 10.2 Å². The van der Waals surface area contributed by atoms with E-state index in [4.69, 9.17) is 28.3 Å². The highest BCUT2D eigenvalue weighted by molar-refractivity contribution is 8.00. The molecule has 1 saturated carbocycles. The van der Waals surface area contributed by atoms with E-state index in [1.54, 1.807) is 15.6 Å². The Hall–Kier alpha value is -3.26. The highest BCUT2D eigenvalue weighted by atomic mass is 35.5. The molecule has 38 heavy (non-hydrogen) atoms. The van der Waals surface area contributed by atoms with E-state index in [2.05, 4.69) is 5.32 Å². The van der Waals surface area contributed by atoms with Gasteiger partial charge in [-0.3, -0.25) is 14.5 Å². The Morgan fingerprint density at radius 1 is 1.00 bits per heavy atom. The first-order chi connectivity index (χ1) is 18.5. The maximum Gasteiger partial charge on any atom is 0.240 e. The number of amides is 2. The summed E-state index contributed by atoms with van der Waals surface area (Å²) in [5, 5.41) is 8.93. The summed E-state index contributed by atoms with van der Waals surface area (Å²) in [5.74, 6) is 0.382. The summed E-state index contributed by atoms with van der Waals surface area (Å²) in [7, 11) is 0. The monoisotopic (exact) mass is 562 g/mol. The average molecular weight is 564 g/mol. The van der Waals surface area contributed by atoms with Crippen LogP contribution in [0.2, 0.25) is 10.0 Å². The zero-order valence-electron chi connectivity index (χ0n) is 20.3. The van der Waals surface area contributed by atoms with E-state index in [1.807, 2.05) is 72.8 Å². The van der Waals surface area contributed by atoms with Crippen molar-refractivity contribution in [3.8, 4) is 16.9 Å². The summed E-state index contributed by atoms with van der Waals surface area (Å²) < 4.78 is 1.71. The third-order valence-corrected chi connectivity index (χ3v) is 8.42. The van der Waals surface area contributed by atoms with Crippen molar-refractivity contribution in [1.29, 1.82) is 0 Å². The van der Waals surface area contributed by atoms with E-state index < -0.39 is 0 Å². The van der Waals surface area contributed by atoms with Crippen molar-refractivity contribution in [2.45, 2.75) is 24.1 Å². The minimum atomic E-state index is -0.254. The molecule has 2 heterocycles. The zero-order chi connectivity index (χ0) is 26.2. The average Bonchev–Trinajstić information content (AvgIpc) is 3.67. The van der Waals surface area contributed by atoms with Crippen LogP contribution >= 0.6 is 35.0 Å². The lowest BCUT2D eigenvalue weighted by molar-refractivity contribution is -0.123. The Labute approximate surface area is 234 Å². The van der Waals surface area contributed by atoms with Gasteiger partial charge in [-0.05, 0) is 42.7 Å². The number of para-hydroxylation sites is 1. The first-order valence-corrected chi connectivity index (χ1v) is 14.2. The fourth-order valence-corrected chi connectivity index (χ4v) is 6.30. The lowest BCUT2D eigenvalue weighted by Crippen LogP contribution is -2.43. The number of fused-ring (bicyclic) bond motifs is 1. The van der Waals surface area contributed by atoms with Gasteiger partial charge in [0, 0.05) is 22.2 Å². The Balaban J connectivity index is 1.62. The van der Waals surface area contributed by atoms with Gasteiger partial charge in [0.25, 0.3) is 0 Å². The van der Waals surface area contributed by atoms with Gasteiger partial charge in [0.15, 0.2) is 0 Å². The van der Waals surface area contributed by atoms with Crippen LogP contribution in [0.25, 0.3) is 16.9 Å². The van der Waals surface area contributed by atoms with E-state index in [0.29, 0.717) is 21.6 Å². The molecule has 0 saturated heterocycles. The number of nitrogens with zero attached hydrogens (tertiary/aromatic N) is 3. The maximum atomic E-state index is 13.7.